The Kier molecular flexibility index (Phi) is 12.8. The fourth-order valence-electron chi connectivity index (χ4n) is 1.61. The molecule has 0 atom stereocenters. The molecule has 0 aliphatic carbocycles. The van der Waals surface area contributed by atoms with Crippen molar-refractivity contribution in [3.8, 4) is 0 Å². The molecule has 0 rings (SSSR count). The number of rotatable bonds is 11. The number of allylic oxidation sites excluding steroid dienone is 1. The third-order valence-corrected chi connectivity index (χ3v) is 5.71. The lowest BCUT2D eigenvalue weighted by Crippen LogP contribution is -3.00. The van der Waals surface area contributed by atoms with E-state index in [1.165, 1.54) is 0 Å². The zero-order chi connectivity index (χ0) is 14.0. The molecule has 114 valence electrons. The summed E-state index contributed by atoms with van der Waals surface area (Å²) in [6.07, 6.45) is 1.50. The van der Waals surface area contributed by atoms with Crippen LogP contribution in [0, 0.1) is 0 Å². The van der Waals surface area contributed by atoms with Gasteiger partial charge in [0.05, 0.1) is 19.5 Å². The van der Waals surface area contributed by atoms with E-state index in [0.717, 1.165) is 25.6 Å². The van der Waals surface area contributed by atoms with Crippen molar-refractivity contribution >= 4 is 14.6 Å². The number of carbonyl (C=O) groups excluding carboxylic acids is 1. The highest BCUT2D eigenvalue weighted by atomic mass is 35.5. The molecular formula is C12H26ClNO4Si. The highest BCUT2D eigenvalue weighted by molar-refractivity contribution is 6.60. The second-order valence-corrected chi connectivity index (χ2v) is 7.31. The normalized spacial score (nSPS) is 10.9. The molecule has 0 saturated carbocycles. The summed E-state index contributed by atoms with van der Waals surface area (Å²) in [4.78, 5) is 11.3. The Bertz CT molecular complexity index is 264. The van der Waals surface area contributed by atoms with Crippen LogP contribution in [0.25, 0.3) is 0 Å². The van der Waals surface area contributed by atoms with Crippen molar-refractivity contribution in [2.24, 2.45) is 0 Å². The van der Waals surface area contributed by atoms with E-state index in [9.17, 15) is 4.79 Å². The third-order valence-electron chi connectivity index (χ3n) is 2.88. The van der Waals surface area contributed by atoms with Crippen LogP contribution in [0.4, 0.5) is 0 Å². The van der Waals surface area contributed by atoms with E-state index in [2.05, 4.69) is 11.9 Å². The molecule has 0 radical (unpaired) electrons. The van der Waals surface area contributed by atoms with Crippen LogP contribution in [0.2, 0.25) is 6.04 Å². The molecule has 0 aromatic rings. The van der Waals surface area contributed by atoms with E-state index >= 15 is 0 Å². The highest BCUT2D eigenvalue weighted by Gasteiger charge is 2.37. The predicted octanol–water partition coefficient (Wildman–Crippen LogP) is -2.64. The van der Waals surface area contributed by atoms with Crippen LogP contribution in [0.1, 0.15) is 19.8 Å². The quantitative estimate of drug-likeness (QED) is 0.257. The lowest BCUT2D eigenvalue weighted by Gasteiger charge is -2.23. The number of halogens is 1. The van der Waals surface area contributed by atoms with Crippen molar-refractivity contribution in [1.29, 1.82) is 0 Å². The van der Waals surface area contributed by atoms with Gasteiger partial charge >= 0.3 is 8.80 Å². The van der Waals surface area contributed by atoms with Crippen molar-refractivity contribution < 1.29 is 35.8 Å². The molecule has 0 aliphatic rings. The summed E-state index contributed by atoms with van der Waals surface area (Å²) < 4.78 is 16.0. The molecule has 0 aromatic heterocycles. The predicted molar refractivity (Wildman–Crippen MR) is 72.3 cm³/mol. The van der Waals surface area contributed by atoms with E-state index in [1.54, 1.807) is 28.3 Å². The number of hydrogen-bond donors (Lipinski definition) is 1. The lowest BCUT2D eigenvalue weighted by molar-refractivity contribution is -0.653. The van der Waals surface area contributed by atoms with Gasteiger partial charge in [-0.2, -0.15) is 0 Å². The van der Waals surface area contributed by atoms with Crippen LogP contribution in [0.5, 0.6) is 0 Å². The second-order valence-electron chi connectivity index (χ2n) is 4.22. The fraction of sp³-hybridized carbons (Fsp3) is 0.750. The topological polar surface area (TPSA) is 61.4 Å². The van der Waals surface area contributed by atoms with Crippen molar-refractivity contribution in [3.05, 3.63) is 12.2 Å². The Labute approximate surface area is 123 Å². The van der Waals surface area contributed by atoms with Crippen molar-refractivity contribution in [3.63, 3.8) is 0 Å². The van der Waals surface area contributed by atoms with Gasteiger partial charge in [-0.15, -0.1) is 0 Å². The average molecular weight is 312 g/mol. The van der Waals surface area contributed by atoms with Gasteiger partial charge in [0, 0.05) is 33.8 Å². The summed E-state index contributed by atoms with van der Waals surface area (Å²) in [6.45, 7) is 7.11. The summed E-state index contributed by atoms with van der Waals surface area (Å²) in [7, 11) is 2.44. The van der Waals surface area contributed by atoms with Crippen LogP contribution >= 0.6 is 0 Å². The first kappa shape index (κ1) is 21.1. The molecule has 19 heavy (non-hydrogen) atoms. The van der Waals surface area contributed by atoms with E-state index in [-0.39, 0.29) is 18.2 Å². The first-order chi connectivity index (χ1) is 8.51. The maximum Gasteiger partial charge on any atom is 0.500 e. The van der Waals surface area contributed by atoms with Crippen LogP contribution in [-0.2, 0) is 18.1 Å². The second kappa shape index (κ2) is 11.6. The molecule has 0 unspecified atom stereocenters. The number of Topliss-reactive ketones (excluding diaryl/α,β-unsaturated/α-hetero) is 1. The maximum atomic E-state index is 11.3. The van der Waals surface area contributed by atoms with Gasteiger partial charge < -0.3 is 31.0 Å². The smallest absolute Gasteiger partial charge is 0.500 e. The van der Waals surface area contributed by atoms with Crippen LogP contribution in [0.3, 0.4) is 0 Å². The standard InChI is InChI=1S/C12H25NO4Si.ClH/c1-11(2)12(14)7-9-13-8-6-10-18(15-3,16-4)17-5;/h13H,1,6-10H2,2-5H3;1H. The Hall–Kier alpha value is -0.243. The van der Waals surface area contributed by atoms with Gasteiger partial charge in [0.2, 0.25) is 0 Å². The number of carbonyl (C=O) groups is 1. The zero-order valence-corrected chi connectivity index (χ0v) is 14.1. The molecule has 0 heterocycles. The number of ketones is 1. The minimum atomic E-state index is -2.42. The van der Waals surface area contributed by atoms with Gasteiger partial charge in [0.1, 0.15) is 0 Å². The van der Waals surface area contributed by atoms with Gasteiger partial charge in [-0.1, -0.05) is 6.58 Å². The summed E-state index contributed by atoms with van der Waals surface area (Å²) in [5.74, 6) is 0.139. The van der Waals surface area contributed by atoms with Crippen LogP contribution in [0.15, 0.2) is 12.2 Å². The monoisotopic (exact) mass is 311 g/mol. The summed E-state index contributed by atoms with van der Waals surface area (Å²) >= 11 is 0. The molecule has 0 aliphatic heterocycles. The minimum Gasteiger partial charge on any atom is -1.00 e. The molecule has 0 bridgehead atoms. The van der Waals surface area contributed by atoms with Gasteiger partial charge in [-0.3, -0.25) is 4.79 Å². The molecule has 0 spiro atoms. The van der Waals surface area contributed by atoms with Crippen LogP contribution < -0.4 is 17.7 Å². The van der Waals surface area contributed by atoms with E-state index in [1.807, 2.05) is 0 Å². The Morgan fingerprint density at radius 1 is 1.16 bits per heavy atom. The van der Waals surface area contributed by atoms with Crippen LogP contribution in [-0.4, -0.2) is 49.0 Å². The Morgan fingerprint density at radius 2 is 1.68 bits per heavy atom. The van der Waals surface area contributed by atoms with Crippen molar-refractivity contribution in [2.45, 2.75) is 25.8 Å². The van der Waals surface area contributed by atoms with E-state index in [0.29, 0.717) is 12.0 Å². The molecule has 0 fully saturated rings. The zero-order valence-electron chi connectivity index (χ0n) is 12.3. The van der Waals surface area contributed by atoms with Crippen molar-refractivity contribution in [2.75, 3.05) is 34.4 Å². The SMILES string of the molecule is C=C(C)C(=O)CC[NH2+]CCC[Si](OC)(OC)OC.[Cl-]. The number of hydrogen-bond acceptors (Lipinski definition) is 4. The van der Waals surface area contributed by atoms with Gasteiger partial charge in [-0.25, -0.2) is 0 Å². The Morgan fingerprint density at radius 3 is 2.11 bits per heavy atom. The molecular weight excluding hydrogens is 286 g/mol. The van der Waals surface area contributed by atoms with E-state index < -0.39 is 8.80 Å². The van der Waals surface area contributed by atoms with Crippen molar-refractivity contribution in [1.82, 2.24) is 0 Å². The molecule has 0 saturated heterocycles. The molecule has 7 heteroatoms. The molecule has 5 nitrogen and oxygen atoms in total. The summed E-state index contributed by atoms with van der Waals surface area (Å²) in [5, 5.41) is 2.13. The first-order valence-corrected chi connectivity index (χ1v) is 8.10. The number of quaternary nitrogens is 1. The highest BCUT2D eigenvalue weighted by Crippen LogP contribution is 2.13. The first-order valence-electron chi connectivity index (χ1n) is 6.17. The molecule has 0 amide bonds. The molecule has 2 N–H and O–H groups in total. The van der Waals surface area contributed by atoms with Gasteiger partial charge in [0.25, 0.3) is 0 Å². The fourth-order valence-corrected chi connectivity index (χ4v) is 3.36. The van der Waals surface area contributed by atoms with Gasteiger partial charge in [-0.05, 0) is 12.5 Å². The number of nitrogens with two attached hydrogens (primary N) is 1. The summed E-state index contributed by atoms with van der Waals surface area (Å²) in [6, 6.07) is 0.793. The minimum absolute atomic E-state index is 0. The summed E-state index contributed by atoms with van der Waals surface area (Å²) in [5.41, 5.74) is 0.632. The van der Waals surface area contributed by atoms with E-state index in [4.69, 9.17) is 13.3 Å². The van der Waals surface area contributed by atoms with Gasteiger partial charge in [0.15, 0.2) is 5.78 Å². The lowest BCUT2D eigenvalue weighted by atomic mass is 10.2. The average Bonchev–Trinajstić information content (AvgIpc) is 2.38. The Balaban J connectivity index is 0. The largest absolute Gasteiger partial charge is 1.00 e. The maximum absolute atomic E-state index is 11.3. The molecule has 0 aromatic carbocycles. The third kappa shape index (κ3) is 8.51.